The minimum Gasteiger partial charge on any atom is -0.393 e. The molecule has 2 saturated carbocycles. The highest BCUT2D eigenvalue weighted by atomic mass is 16.3. The molecule has 9 heavy (non-hydrogen) atoms. The summed E-state index contributed by atoms with van der Waals surface area (Å²) in [6, 6.07) is 0. The maximum atomic E-state index is 8.99. The molecule has 0 bridgehead atoms. The highest BCUT2D eigenvalue weighted by molar-refractivity contribution is 4.87. The van der Waals surface area contributed by atoms with E-state index in [0.29, 0.717) is 0 Å². The van der Waals surface area contributed by atoms with Gasteiger partial charge in [-0.05, 0) is 24.7 Å². The fraction of sp³-hybridized carbons (Fsp3) is 1.00. The maximum Gasteiger partial charge on any atom is 0.0545 e. The quantitative estimate of drug-likeness (QED) is 0.565. The van der Waals surface area contributed by atoms with Gasteiger partial charge in [-0.3, -0.25) is 0 Å². The largest absolute Gasteiger partial charge is 0.393 e. The molecule has 1 nitrogen and oxygen atoms in total. The van der Waals surface area contributed by atoms with Crippen molar-refractivity contribution in [3.05, 3.63) is 0 Å². The molecule has 0 aromatic heterocycles. The molecule has 2 fully saturated rings. The first-order valence-electron chi connectivity index (χ1n) is 4.04. The van der Waals surface area contributed by atoms with Gasteiger partial charge in [0.15, 0.2) is 0 Å². The third-order valence-electron chi connectivity index (χ3n) is 2.97. The van der Waals surface area contributed by atoms with Gasteiger partial charge in [0.2, 0.25) is 0 Å². The van der Waals surface area contributed by atoms with Gasteiger partial charge in [-0.2, -0.15) is 0 Å². The lowest BCUT2D eigenvalue weighted by Gasteiger charge is -2.42. The summed E-state index contributed by atoms with van der Waals surface area (Å²) in [7, 11) is 0. The van der Waals surface area contributed by atoms with Crippen LogP contribution in [0, 0.1) is 11.8 Å². The second-order valence-electron chi connectivity index (χ2n) is 3.58. The van der Waals surface area contributed by atoms with Gasteiger partial charge < -0.3 is 5.11 Å². The zero-order chi connectivity index (χ0) is 6.27. The van der Waals surface area contributed by atoms with Crippen LogP contribution in [-0.2, 0) is 0 Å². The first-order valence-corrected chi connectivity index (χ1v) is 4.04. The Morgan fingerprint density at radius 2 is 1.67 bits per heavy atom. The minimum absolute atomic E-state index is 0.0654. The summed E-state index contributed by atoms with van der Waals surface area (Å²) in [5.74, 6) is 1.92. The van der Waals surface area contributed by atoms with Crippen molar-refractivity contribution >= 4 is 0 Å². The Morgan fingerprint density at radius 3 is 2.00 bits per heavy atom. The lowest BCUT2D eigenvalue weighted by atomic mass is 9.66. The summed E-state index contributed by atoms with van der Waals surface area (Å²) in [6.07, 6.45) is 6.59. The summed E-state index contributed by atoms with van der Waals surface area (Å²) < 4.78 is 0. The van der Waals surface area contributed by atoms with Crippen LogP contribution in [0.5, 0.6) is 0 Å². The third kappa shape index (κ3) is 0.877. The molecule has 1 N–H and O–H groups in total. The van der Waals surface area contributed by atoms with Crippen molar-refractivity contribution in [1.82, 2.24) is 0 Å². The van der Waals surface area contributed by atoms with E-state index in [0.717, 1.165) is 24.7 Å². The van der Waals surface area contributed by atoms with Gasteiger partial charge in [0.25, 0.3) is 0 Å². The second-order valence-corrected chi connectivity index (χ2v) is 3.58. The van der Waals surface area contributed by atoms with Gasteiger partial charge in [-0.1, -0.05) is 19.3 Å². The van der Waals surface area contributed by atoms with Crippen LogP contribution in [0.4, 0.5) is 0 Å². The van der Waals surface area contributed by atoms with Gasteiger partial charge in [0, 0.05) is 0 Å². The molecule has 0 saturated heterocycles. The Hall–Kier alpha value is -0.0400. The lowest BCUT2D eigenvalue weighted by Crippen LogP contribution is -2.36. The number of aliphatic hydroxyl groups excluding tert-OH is 1. The molecule has 2 rings (SSSR count). The summed E-state index contributed by atoms with van der Waals surface area (Å²) in [4.78, 5) is 0. The van der Waals surface area contributed by atoms with Gasteiger partial charge in [-0.25, -0.2) is 0 Å². The van der Waals surface area contributed by atoms with E-state index in [1.807, 2.05) is 0 Å². The molecule has 0 spiro atoms. The molecule has 0 heterocycles. The van der Waals surface area contributed by atoms with Gasteiger partial charge >= 0.3 is 0 Å². The van der Waals surface area contributed by atoms with Crippen molar-refractivity contribution in [2.24, 2.45) is 11.8 Å². The summed E-state index contributed by atoms with van der Waals surface area (Å²) >= 11 is 0. The first-order chi connectivity index (χ1) is 4.36. The first kappa shape index (κ1) is 5.72. The van der Waals surface area contributed by atoms with E-state index in [9.17, 15) is 0 Å². The SMILES string of the molecule is OC1CC(C2CCC2)C1. The van der Waals surface area contributed by atoms with Crippen molar-refractivity contribution in [2.45, 2.75) is 38.2 Å². The molecule has 0 radical (unpaired) electrons. The summed E-state index contributed by atoms with van der Waals surface area (Å²) in [5, 5.41) is 8.99. The molecule has 52 valence electrons. The molecule has 0 atom stereocenters. The summed E-state index contributed by atoms with van der Waals surface area (Å²) in [5.41, 5.74) is 0. The van der Waals surface area contributed by atoms with Crippen LogP contribution in [0.25, 0.3) is 0 Å². The monoisotopic (exact) mass is 126 g/mol. The molecule has 2 aliphatic carbocycles. The Balaban J connectivity index is 1.75. The number of hydrogen-bond acceptors (Lipinski definition) is 1. The average molecular weight is 126 g/mol. The highest BCUT2D eigenvalue weighted by Gasteiger charge is 2.36. The van der Waals surface area contributed by atoms with E-state index in [2.05, 4.69) is 0 Å². The van der Waals surface area contributed by atoms with Gasteiger partial charge in [-0.15, -0.1) is 0 Å². The number of hydrogen-bond donors (Lipinski definition) is 1. The van der Waals surface area contributed by atoms with E-state index < -0.39 is 0 Å². The molecule has 0 aromatic carbocycles. The predicted molar refractivity (Wildman–Crippen MR) is 36.1 cm³/mol. The van der Waals surface area contributed by atoms with Crippen LogP contribution in [0.3, 0.4) is 0 Å². The van der Waals surface area contributed by atoms with E-state index in [4.69, 9.17) is 5.11 Å². The van der Waals surface area contributed by atoms with Crippen LogP contribution in [0.2, 0.25) is 0 Å². The fourth-order valence-corrected chi connectivity index (χ4v) is 1.93. The van der Waals surface area contributed by atoms with Crippen LogP contribution in [0.15, 0.2) is 0 Å². The molecule has 0 unspecified atom stereocenters. The predicted octanol–water partition coefficient (Wildman–Crippen LogP) is 1.56. The molecule has 0 amide bonds. The number of aliphatic hydroxyl groups is 1. The molecular weight excluding hydrogens is 112 g/mol. The zero-order valence-corrected chi connectivity index (χ0v) is 5.71. The van der Waals surface area contributed by atoms with Crippen molar-refractivity contribution < 1.29 is 5.11 Å². The van der Waals surface area contributed by atoms with Crippen molar-refractivity contribution in [3.63, 3.8) is 0 Å². The second kappa shape index (κ2) is 1.98. The summed E-state index contributed by atoms with van der Waals surface area (Å²) in [6.45, 7) is 0. The molecule has 0 aromatic rings. The van der Waals surface area contributed by atoms with Crippen LogP contribution in [-0.4, -0.2) is 11.2 Å². The van der Waals surface area contributed by atoms with Crippen molar-refractivity contribution in [1.29, 1.82) is 0 Å². The Kier molecular flexibility index (Phi) is 1.26. The molecule has 0 aliphatic heterocycles. The Morgan fingerprint density at radius 1 is 1.00 bits per heavy atom. The van der Waals surface area contributed by atoms with Crippen molar-refractivity contribution in [2.75, 3.05) is 0 Å². The van der Waals surface area contributed by atoms with Gasteiger partial charge in [0.05, 0.1) is 6.10 Å². The normalized spacial score (nSPS) is 43.7. The topological polar surface area (TPSA) is 20.2 Å². The smallest absolute Gasteiger partial charge is 0.0545 e. The Labute approximate surface area is 56.1 Å². The van der Waals surface area contributed by atoms with Crippen LogP contribution >= 0.6 is 0 Å². The molecular formula is C8H14O. The van der Waals surface area contributed by atoms with Crippen LogP contribution < -0.4 is 0 Å². The minimum atomic E-state index is 0.0654. The standard InChI is InChI=1S/C8H14O/c9-8-4-7(5-8)6-2-1-3-6/h6-9H,1-5H2. The van der Waals surface area contributed by atoms with E-state index in [1.54, 1.807) is 0 Å². The third-order valence-corrected chi connectivity index (χ3v) is 2.97. The van der Waals surface area contributed by atoms with E-state index >= 15 is 0 Å². The fourth-order valence-electron chi connectivity index (χ4n) is 1.93. The maximum absolute atomic E-state index is 8.99. The molecule has 2 aliphatic rings. The zero-order valence-electron chi connectivity index (χ0n) is 5.71. The highest BCUT2D eigenvalue weighted by Crippen LogP contribution is 2.43. The van der Waals surface area contributed by atoms with Gasteiger partial charge in [0.1, 0.15) is 0 Å². The van der Waals surface area contributed by atoms with E-state index in [-0.39, 0.29) is 6.10 Å². The van der Waals surface area contributed by atoms with Crippen molar-refractivity contribution in [3.8, 4) is 0 Å². The average Bonchev–Trinajstić information content (AvgIpc) is 1.57. The Bertz CT molecular complexity index is 101. The lowest BCUT2D eigenvalue weighted by molar-refractivity contribution is -0.00626. The molecule has 1 heteroatoms. The number of rotatable bonds is 1. The van der Waals surface area contributed by atoms with Crippen LogP contribution in [0.1, 0.15) is 32.1 Å². The van der Waals surface area contributed by atoms with E-state index in [1.165, 1.54) is 19.3 Å².